The van der Waals surface area contributed by atoms with Crippen LogP contribution in [0, 0.1) is 29.6 Å². The Labute approximate surface area is 123 Å². The van der Waals surface area contributed by atoms with Gasteiger partial charge in [0.05, 0.1) is 5.56 Å². The third kappa shape index (κ3) is 2.11. The van der Waals surface area contributed by atoms with Crippen LogP contribution >= 0.6 is 11.3 Å². The zero-order chi connectivity index (χ0) is 14.1. The van der Waals surface area contributed by atoms with Gasteiger partial charge in [0.2, 0.25) is 5.91 Å². The lowest BCUT2D eigenvalue weighted by Crippen LogP contribution is -2.24. The van der Waals surface area contributed by atoms with Gasteiger partial charge >= 0.3 is 0 Å². The minimum Gasteiger partial charge on any atom is -0.301 e. The summed E-state index contributed by atoms with van der Waals surface area (Å²) in [6.07, 6.45) is 11.4. The molecule has 0 N–H and O–H groups in total. The van der Waals surface area contributed by atoms with E-state index in [2.05, 4.69) is 12.0 Å². The Morgan fingerprint density at radius 2 is 2.10 bits per heavy atom. The van der Waals surface area contributed by atoms with E-state index in [0.29, 0.717) is 13.0 Å². The van der Waals surface area contributed by atoms with Gasteiger partial charge in [0.25, 0.3) is 0 Å². The van der Waals surface area contributed by atoms with Crippen molar-refractivity contribution in [3.8, 4) is 18.4 Å². The van der Waals surface area contributed by atoms with Crippen molar-refractivity contribution < 1.29 is 4.79 Å². The van der Waals surface area contributed by atoms with Gasteiger partial charge < -0.3 is 4.90 Å². The second-order valence-electron chi connectivity index (χ2n) is 5.43. The number of nitriles is 1. The molecule has 3 rings (SSSR count). The van der Waals surface area contributed by atoms with Crippen LogP contribution in [0.3, 0.4) is 0 Å². The van der Waals surface area contributed by atoms with Gasteiger partial charge in [-0.2, -0.15) is 5.26 Å². The maximum absolute atomic E-state index is 12.1. The summed E-state index contributed by atoms with van der Waals surface area (Å²) >= 11 is 1.63. The first-order chi connectivity index (χ1) is 9.74. The number of carbonyl (C=O) groups excluding carboxylic acids is 1. The fraction of sp³-hybridized carbons (Fsp3) is 0.500. The molecule has 0 radical (unpaired) electrons. The van der Waals surface area contributed by atoms with Gasteiger partial charge in [-0.05, 0) is 31.2 Å². The van der Waals surface area contributed by atoms with Gasteiger partial charge in [0.15, 0.2) is 0 Å². The van der Waals surface area contributed by atoms with Crippen LogP contribution in [-0.4, -0.2) is 12.5 Å². The first-order valence-electron chi connectivity index (χ1n) is 7.05. The Balaban J connectivity index is 2.01. The van der Waals surface area contributed by atoms with Gasteiger partial charge in [-0.15, -0.1) is 23.7 Å². The predicted molar refractivity (Wildman–Crippen MR) is 79.6 cm³/mol. The molecule has 0 bridgehead atoms. The van der Waals surface area contributed by atoms with Crippen molar-refractivity contribution >= 4 is 22.2 Å². The molecular formula is C16H16N2OS. The molecule has 0 spiro atoms. The van der Waals surface area contributed by atoms with Gasteiger partial charge in [-0.3, -0.25) is 4.79 Å². The molecule has 0 saturated carbocycles. The number of anilines is 1. The molecule has 1 aromatic heterocycles. The number of aryl methyl sites for hydroxylation is 1. The molecule has 2 heterocycles. The summed E-state index contributed by atoms with van der Waals surface area (Å²) in [4.78, 5) is 15.2. The van der Waals surface area contributed by atoms with Crippen molar-refractivity contribution in [3.05, 3.63) is 16.0 Å². The van der Waals surface area contributed by atoms with Crippen LogP contribution in [0.5, 0.6) is 0 Å². The summed E-state index contributed by atoms with van der Waals surface area (Å²) in [5.74, 6) is 2.70. The number of amides is 1. The van der Waals surface area contributed by atoms with Gasteiger partial charge in [0, 0.05) is 23.8 Å². The molecule has 1 aliphatic carbocycles. The van der Waals surface area contributed by atoms with Crippen molar-refractivity contribution in [1.29, 1.82) is 5.26 Å². The van der Waals surface area contributed by atoms with Crippen LogP contribution in [0.15, 0.2) is 0 Å². The highest BCUT2D eigenvalue weighted by atomic mass is 32.1. The SMILES string of the molecule is C#CC1CC(=O)N(c2sc3c(c2C#N)CCCCC3)C1. The second kappa shape index (κ2) is 5.31. The molecule has 0 aromatic carbocycles. The molecule has 1 aromatic rings. The lowest BCUT2D eigenvalue weighted by molar-refractivity contribution is -0.117. The quantitative estimate of drug-likeness (QED) is 0.588. The third-order valence-electron chi connectivity index (χ3n) is 4.12. The van der Waals surface area contributed by atoms with Crippen molar-refractivity contribution in [2.24, 2.45) is 5.92 Å². The lowest BCUT2D eigenvalue weighted by Gasteiger charge is -2.14. The number of hydrogen-bond acceptors (Lipinski definition) is 3. The molecule has 1 atom stereocenters. The fourth-order valence-electron chi connectivity index (χ4n) is 3.05. The molecule has 2 aliphatic rings. The average Bonchev–Trinajstić information content (AvgIpc) is 2.90. The van der Waals surface area contributed by atoms with Crippen LogP contribution in [0.1, 0.15) is 41.7 Å². The fourth-order valence-corrected chi connectivity index (χ4v) is 4.41. The zero-order valence-electron chi connectivity index (χ0n) is 11.3. The summed E-state index contributed by atoms with van der Waals surface area (Å²) in [6.45, 7) is 0.559. The summed E-state index contributed by atoms with van der Waals surface area (Å²) in [5, 5.41) is 10.3. The number of nitrogens with zero attached hydrogens (tertiary/aromatic N) is 2. The number of terminal acetylenes is 1. The number of thiophene rings is 1. The minimum atomic E-state index is -0.0176. The van der Waals surface area contributed by atoms with E-state index in [1.165, 1.54) is 23.3 Å². The van der Waals surface area contributed by atoms with Crippen molar-refractivity contribution in [2.75, 3.05) is 11.4 Å². The van der Waals surface area contributed by atoms with E-state index in [-0.39, 0.29) is 11.8 Å². The van der Waals surface area contributed by atoms with E-state index in [4.69, 9.17) is 6.42 Å². The molecule has 1 unspecified atom stereocenters. The Bertz CT molecular complexity index is 632. The van der Waals surface area contributed by atoms with E-state index in [1.54, 1.807) is 16.2 Å². The molecule has 102 valence electrons. The summed E-state index contributed by atoms with van der Waals surface area (Å²) in [5.41, 5.74) is 1.90. The standard InChI is InChI=1S/C16H16N2OS/c1-2-11-8-15(19)18(10-11)16-13(9-17)12-6-4-3-5-7-14(12)20-16/h1,11H,3-8,10H2. The maximum atomic E-state index is 12.1. The molecule has 1 aliphatic heterocycles. The highest BCUT2D eigenvalue weighted by Gasteiger charge is 2.33. The monoisotopic (exact) mass is 284 g/mol. The van der Waals surface area contributed by atoms with Crippen LogP contribution in [-0.2, 0) is 17.6 Å². The highest BCUT2D eigenvalue weighted by Crippen LogP contribution is 2.41. The molecular weight excluding hydrogens is 268 g/mol. The maximum Gasteiger partial charge on any atom is 0.228 e. The van der Waals surface area contributed by atoms with E-state index in [9.17, 15) is 10.1 Å². The van der Waals surface area contributed by atoms with E-state index < -0.39 is 0 Å². The average molecular weight is 284 g/mol. The van der Waals surface area contributed by atoms with Gasteiger partial charge in [0.1, 0.15) is 11.1 Å². The topological polar surface area (TPSA) is 44.1 Å². The summed E-state index contributed by atoms with van der Waals surface area (Å²) in [7, 11) is 0. The Morgan fingerprint density at radius 1 is 1.30 bits per heavy atom. The zero-order valence-corrected chi connectivity index (χ0v) is 12.1. The molecule has 4 heteroatoms. The Kier molecular flexibility index (Phi) is 3.51. The summed E-state index contributed by atoms with van der Waals surface area (Å²) in [6, 6.07) is 2.33. The van der Waals surface area contributed by atoms with Gasteiger partial charge in [-0.25, -0.2) is 0 Å². The first kappa shape index (κ1) is 13.2. The van der Waals surface area contributed by atoms with Crippen molar-refractivity contribution in [2.45, 2.75) is 38.5 Å². The predicted octanol–water partition coefficient (Wildman–Crippen LogP) is 2.87. The van der Waals surface area contributed by atoms with E-state index >= 15 is 0 Å². The lowest BCUT2D eigenvalue weighted by atomic mass is 10.1. The highest BCUT2D eigenvalue weighted by molar-refractivity contribution is 7.16. The number of hydrogen-bond donors (Lipinski definition) is 0. The van der Waals surface area contributed by atoms with Crippen LogP contribution in [0.25, 0.3) is 0 Å². The van der Waals surface area contributed by atoms with Crippen LogP contribution < -0.4 is 4.90 Å². The molecule has 3 nitrogen and oxygen atoms in total. The third-order valence-corrected chi connectivity index (χ3v) is 5.44. The number of rotatable bonds is 1. The van der Waals surface area contributed by atoms with Crippen molar-refractivity contribution in [3.63, 3.8) is 0 Å². The number of carbonyl (C=O) groups is 1. The first-order valence-corrected chi connectivity index (χ1v) is 7.87. The van der Waals surface area contributed by atoms with E-state index in [1.807, 2.05) is 0 Å². The summed E-state index contributed by atoms with van der Waals surface area (Å²) < 4.78 is 0. The molecule has 20 heavy (non-hydrogen) atoms. The van der Waals surface area contributed by atoms with E-state index in [0.717, 1.165) is 29.8 Å². The molecule has 1 saturated heterocycles. The number of fused-ring (bicyclic) bond motifs is 1. The Morgan fingerprint density at radius 3 is 2.80 bits per heavy atom. The second-order valence-corrected chi connectivity index (χ2v) is 6.51. The van der Waals surface area contributed by atoms with Crippen LogP contribution in [0.4, 0.5) is 5.00 Å². The minimum absolute atomic E-state index is 0.0176. The van der Waals surface area contributed by atoms with Crippen molar-refractivity contribution in [1.82, 2.24) is 0 Å². The Hall–Kier alpha value is -1.78. The largest absolute Gasteiger partial charge is 0.301 e. The van der Waals surface area contributed by atoms with Crippen LogP contribution in [0.2, 0.25) is 0 Å². The smallest absolute Gasteiger partial charge is 0.228 e. The molecule has 1 fully saturated rings. The van der Waals surface area contributed by atoms with Gasteiger partial charge in [-0.1, -0.05) is 6.42 Å². The molecule has 1 amide bonds. The normalized spacial score (nSPS) is 22.0.